The zero-order valence-electron chi connectivity index (χ0n) is 18.9. The quantitative estimate of drug-likeness (QED) is 0.241. The van der Waals surface area contributed by atoms with Crippen LogP contribution in [-0.4, -0.2) is 30.5 Å². The van der Waals surface area contributed by atoms with Gasteiger partial charge in [0, 0.05) is 5.69 Å². The molecule has 3 N–H and O–H groups in total. The number of rotatable bonds is 7. The molecule has 3 rings (SSSR count). The zero-order valence-corrected chi connectivity index (χ0v) is 20.4. The van der Waals surface area contributed by atoms with Crippen molar-refractivity contribution < 1.29 is 19.1 Å². The summed E-state index contributed by atoms with van der Waals surface area (Å²) in [7, 11) is 0. The van der Waals surface area contributed by atoms with Crippen LogP contribution in [0.25, 0.3) is 0 Å². The summed E-state index contributed by atoms with van der Waals surface area (Å²) in [6.45, 7) is 3.76. The van der Waals surface area contributed by atoms with Gasteiger partial charge in [-0.1, -0.05) is 47.0 Å². The van der Waals surface area contributed by atoms with Gasteiger partial charge in [0.1, 0.15) is 5.75 Å². The number of carbonyl (C=O) groups excluding carboxylic acids is 3. The molecule has 0 aliphatic heterocycles. The van der Waals surface area contributed by atoms with Gasteiger partial charge in [0.15, 0.2) is 6.61 Å². The Balaban J connectivity index is 1.45. The van der Waals surface area contributed by atoms with E-state index in [-0.39, 0.29) is 28.2 Å². The van der Waals surface area contributed by atoms with Crippen LogP contribution in [0.5, 0.6) is 5.75 Å². The lowest BCUT2D eigenvalue weighted by Gasteiger charge is -2.10. The van der Waals surface area contributed by atoms with E-state index in [1.54, 1.807) is 36.4 Å². The van der Waals surface area contributed by atoms with Gasteiger partial charge in [-0.2, -0.15) is 5.10 Å². The molecule has 0 fully saturated rings. The van der Waals surface area contributed by atoms with Crippen LogP contribution < -0.4 is 20.8 Å². The van der Waals surface area contributed by atoms with Crippen molar-refractivity contribution >= 4 is 58.5 Å². The summed E-state index contributed by atoms with van der Waals surface area (Å²) in [5.41, 5.74) is 5.80. The van der Waals surface area contributed by atoms with Gasteiger partial charge in [-0.15, -0.1) is 0 Å². The molecule has 3 amide bonds. The largest absolute Gasteiger partial charge is 0.484 e. The van der Waals surface area contributed by atoms with Crippen molar-refractivity contribution in [3.63, 3.8) is 0 Å². The third-order valence-corrected chi connectivity index (χ3v) is 5.51. The number of hydrazone groups is 1. The Morgan fingerprint density at radius 3 is 2.37 bits per heavy atom. The SMILES string of the molecule is Cc1ccc(NC(=O)COc2ccc(/C=N\NC(=O)C(=O)Nc3cccc(Cl)c3Cl)cc2)c(C)c1. The molecule has 0 saturated heterocycles. The molecule has 0 aliphatic rings. The molecule has 0 aromatic heterocycles. The van der Waals surface area contributed by atoms with E-state index in [4.69, 9.17) is 27.9 Å². The van der Waals surface area contributed by atoms with Crippen LogP contribution in [0.1, 0.15) is 16.7 Å². The minimum Gasteiger partial charge on any atom is -0.484 e. The molecule has 0 heterocycles. The molecule has 3 aromatic carbocycles. The van der Waals surface area contributed by atoms with Gasteiger partial charge < -0.3 is 15.4 Å². The highest BCUT2D eigenvalue weighted by molar-refractivity contribution is 6.45. The number of ether oxygens (including phenoxy) is 1. The highest BCUT2D eigenvalue weighted by Gasteiger charge is 2.15. The van der Waals surface area contributed by atoms with Crippen LogP contribution in [0.15, 0.2) is 65.8 Å². The fourth-order valence-corrected chi connectivity index (χ4v) is 3.28. The van der Waals surface area contributed by atoms with Gasteiger partial charge >= 0.3 is 11.8 Å². The number of amides is 3. The number of hydrogen-bond donors (Lipinski definition) is 3. The number of nitrogens with one attached hydrogen (secondary N) is 3. The normalized spacial score (nSPS) is 10.6. The second kappa shape index (κ2) is 12.0. The van der Waals surface area contributed by atoms with Crippen molar-refractivity contribution in [1.29, 1.82) is 0 Å². The van der Waals surface area contributed by atoms with E-state index in [1.807, 2.05) is 32.0 Å². The minimum absolute atomic E-state index is 0.129. The van der Waals surface area contributed by atoms with Crippen LogP contribution in [-0.2, 0) is 14.4 Å². The first-order valence-electron chi connectivity index (χ1n) is 10.4. The van der Waals surface area contributed by atoms with E-state index in [9.17, 15) is 14.4 Å². The summed E-state index contributed by atoms with van der Waals surface area (Å²) in [6, 6.07) is 17.1. The van der Waals surface area contributed by atoms with Crippen molar-refractivity contribution in [2.75, 3.05) is 17.2 Å². The number of benzene rings is 3. The van der Waals surface area contributed by atoms with Crippen molar-refractivity contribution in [3.8, 4) is 5.75 Å². The molecule has 8 nitrogen and oxygen atoms in total. The molecule has 0 spiro atoms. The molecule has 0 bridgehead atoms. The first kappa shape index (κ1) is 25.7. The first-order chi connectivity index (χ1) is 16.7. The first-order valence-corrected chi connectivity index (χ1v) is 11.2. The highest BCUT2D eigenvalue weighted by atomic mass is 35.5. The monoisotopic (exact) mass is 512 g/mol. The van der Waals surface area contributed by atoms with Crippen molar-refractivity contribution in [1.82, 2.24) is 5.43 Å². The summed E-state index contributed by atoms with van der Waals surface area (Å²) in [5.74, 6) is -1.72. The molecular formula is C25H22Cl2N4O4. The predicted octanol–water partition coefficient (Wildman–Crippen LogP) is 4.72. The fourth-order valence-electron chi connectivity index (χ4n) is 2.93. The number of carbonyl (C=O) groups is 3. The maximum atomic E-state index is 12.2. The lowest BCUT2D eigenvalue weighted by atomic mass is 10.1. The van der Waals surface area contributed by atoms with Crippen molar-refractivity contribution in [2.45, 2.75) is 13.8 Å². The number of anilines is 2. The highest BCUT2D eigenvalue weighted by Crippen LogP contribution is 2.29. The summed E-state index contributed by atoms with van der Waals surface area (Å²) in [6.07, 6.45) is 1.36. The third kappa shape index (κ3) is 7.56. The van der Waals surface area contributed by atoms with Gasteiger partial charge in [0.2, 0.25) is 0 Å². The smallest absolute Gasteiger partial charge is 0.329 e. The van der Waals surface area contributed by atoms with E-state index in [0.717, 1.165) is 16.8 Å². The van der Waals surface area contributed by atoms with Gasteiger partial charge in [-0.3, -0.25) is 14.4 Å². The molecule has 180 valence electrons. The Hall–Kier alpha value is -3.88. The van der Waals surface area contributed by atoms with Crippen LogP contribution >= 0.6 is 23.2 Å². The lowest BCUT2D eigenvalue weighted by molar-refractivity contribution is -0.136. The Bertz CT molecular complexity index is 1280. The Kier molecular flexibility index (Phi) is 8.83. The van der Waals surface area contributed by atoms with E-state index in [0.29, 0.717) is 11.3 Å². The number of aryl methyl sites for hydroxylation is 2. The fraction of sp³-hybridized carbons (Fsp3) is 0.120. The van der Waals surface area contributed by atoms with Gasteiger partial charge in [-0.05, 0) is 67.4 Å². The second-order valence-corrected chi connectivity index (χ2v) is 8.26. The predicted molar refractivity (Wildman–Crippen MR) is 137 cm³/mol. The Labute approximate surface area is 212 Å². The van der Waals surface area contributed by atoms with E-state index in [1.165, 1.54) is 12.3 Å². The molecule has 0 atom stereocenters. The number of halogens is 2. The molecule has 10 heteroatoms. The van der Waals surface area contributed by atoms with Crippen LogP contribution in [0.3, 0.4) is 0 Å². The summed E-state index contributed by atoms with van der Waals surface area (Å²) in [5, 5.41) is 9.31. The molecule has 3 aromatic rings. The van der Waals surface area contributed by atoms with E-state index >= 15 is 0 Å². The van der Waals surface area contributed by atoms with Crippen molar-refractivity contribution in [3.05, 3.63) is 87.4 Å². The zero-order chi connectivity index (χ0) is 25.4. The summed E-state index contributed by atoms with van der Waals surface area (Å²) >= 11 is 11.9. The van der Waals surface area contributed by atoms with E-state index < -0.39 is 11.8 Å². The molecule has 0 radical (unpaired) electrons. The van der Waals surface area contributed by atoms with Crippen LogP contribution in [0.2, 0.25) is 10.0 Å². The molecule has 0 aliphatic carbocycles. The summed E-state index contributed by atoms with van der Waals surface area (Å²) < 4.78 is 5.51. The third-order valence-electron chi connectivity index (χ3n) is 4.69. The lowest BCUT2D eigenvalue weighted by Crippen LogP contribution is -2.32. The van der Waals surface area contributed by atoms with Gasteiger partial charge in [0.05, 0.1) is 21.9 Å². The van der Waals surface area contributed by atoms with Gasteiger partial charge in [0.25, 0.3) is 5.91 Å². The van der Waals surface area contributed by atoms with Crippen molar-refractivity contribution in [2.24, 2.45) is 5.10 Å². The average Bonchev–Trinajstić information content (AvgIpc) is 2.83. The summed E-state index contributed by atoms with van der Waals surface area (Å²) in [4.78, 5) is 36.1. The number of nitrogens with zero attached hydrogens (tertiary/aromatic N) is 1. The maximum Gasteiger partial charge on any atom is 0.329 e. The number of hydrogen-bond acceptors (Lipinski definition) is 5. The van der Waals surface area contributed by atoms with Gasteiger partial charge in [-0.25, -0.2) is 5.43 Å². The molecule has 0 saturated carbocycles. The Morgan fingerprint density at radius 1 is 0.914 bits per heavy atom. The van der Waals surface area contributed by atoms with Crippen LogP contribution in [0, 0.1) is 13.8 Å². The van der Waals surface area contributed by atoms with Crippen LogP contribution in [0.4, 0.5) is 11.4 Å². The standard InChI is InChI=1S/C25H22Cl2N4O4/c1-15-6-11-20(16(2)12-15)29-22(32)14-35-18-9-7-17(8-10-18)13-28-31-25(34)24(33)30-21-5-3-4-19(26)23(21)27/h3-13H,14H2,1-2H3,(H,29,32)(H,30,33)(H,31,34)/b28-13-. The minimum atomic E-state index is -0.980. The topological polar surface area (TPSA) is 109 Å². The second-order valence-electron chi connectivity index (χ2n) is 7.48. The maximum absolute atomic E-state index is 12.2. The van der Waals surface area contributed by atoms with E-state index in [2.05, 4.69) is 21.2 Å². The molecule has 35 heavy (non-hydrogen) atoms. The average molecular weight is 513 g/mol. The molecular weight excluding hydrogens is 491 g/mol. The Morgan fingerprint density at radius 2 is 1.66 bits per heavy atom. The molecule has 0 unspecified atom stereocenters.